The Hall–Kier alpha value is -2.28. The van der Waals surface area contributed by atoms with Crippen LogP contribution in [-0.4, -0.2) is 40.0 Å². The topological polar surface area (TPSA) is 70.5 Å². The molecule has 1 fully saturated rings. The van der Waals surface area contributed by atoms with Crippen molar-refractivity contribution in [3.63, 3.8) is 0 Å². The van der Waals surface area contributed by atoms with Gasteiger partial charge in [-0.25, -0.2) is 9.37 Å². The van der Waals surface area contributed by atoms with Gasteiger partial charge in [-0.05, 0) is 37.6 Å². The number of carboxylic acid groups (broad SMARTS) is 1. The summed E-state index contributed by atoms with van der Waals surface area (Å²) in [5.74, 6) is -1.29. The quantitative estimate of drug-likeness (QED) is 0.922. The van der Waals surface area contributed by atoms with E-state index in [9.17, 15) is 19.1 Å². The molecule has 126 valence electrons. The van der Waals surface area contributed by atoms with Crippen molar-refractivity contribution in [3.05, 3.63) is 40.5 Å². The fourth-order valence-corrected chi connectivity index (χ4v) is 3.53. The largest absolute Gasteiger partial charge is 0.481 e. The number of halogens is 1. The second-order valence-corrected chi connectivity index (χ2v) is 7.18. The van der Waals surface area contributed by atoms with Crippen LogP contribution in [0.15, 0.2) is 29.6 Å². The van der Waals surface area contributed by atoms with Crippen molar-refractivity contribution in [1.82, 2.24) is 9.88 Å². The Balaban J connectivity index is 1.66. The fraction of sp³-hybridized carbons (Fsp3) is 0.353. The Morgan fingerprint density at radius 3 is 2.71 bits per heavy atom. The number of thiazole rings is 1. The summed E-state index contributed by atoms with van der Waals surface area (Å²) in [7, 11) is 0. The molecule has 1 aromatic carbocycles. The van der Waals surface area contributed by atoms with E-state index in [1.165, 1.54) is 23.5 Å². The first-order valence-electron chi connectivity index (χ1n) is 7.59. The van der Waals surface area contributed by atoms with Crippen LogP contribution in [-0.2, 0) is 16.0 Å². The van der Waals surface area contributed by atoms with Crippen LogP contribution in [0, 0.1) is 11.2 Å². The van der Waals surface area contributed by atoms with Gasteiger partial charge in [-0.15, -0.1) is 11.3 Å². The van der Waals surface area contributed by atoms with Gasteiger partial charge in [0.15, 0.2) is 0 Å². The summed E-state index contributed by atoms with van der Waals surface area (Å²) >= 11 is 1.37. The number of rotatable bonds is 4. The number of hydrogen-bond acceptors (Lipinski definition) is 4. The number of carbonyl (C=O) groups is 2. The van der Waals surface area contributed by atoms with E-state index in [4.69, 9.17) is 0 Å². The van der Waals surface area contributed by atoms with Gasteiger partial charge in [-0.2, -0.15) is 0 Å². The zero-order chi connectivity index (χ0) is 17.3. The van der Waals surface area contributed by atoms with Gasteiger partial charge >= 0.3 is 5.97 Å². The van der Waals surface area contributed by atoms with E-state index < -0.39 is 11.4 Å². The van der Waals surface area contributed by atoms with E-state index in [2.05, 4.69) is 4.98 Å². The van der Waals surface area contributed by atoms with Crippen LogP contribution in [0.25, 0.3) is 11.3 Å². The molecule has 2 heterocycles. The molecular weight excluding hydrogens is 331 g/mol. The van der Waals surface area contributed by atoms with Gasteiger partial charge in [0.25, 0.3) is 0 Å². The Kier molecular flexibility index (Phi) is 4.36. The Labute approximate surface area is 142 Å². The molecule has 24 heavy (non-hydrogen) atoms. The summed E-state index contributed by atoms with van der Waals surface area (Å²) in [4.78, 5) is 29.6. The number of likely N-dealkylation sites (tertiary alicyclic amines) is 1. The first kappa shape index (κ1) is 16.6. The first-order valence-corrected chi connectivity index (χ1v) is 8.47. The van der Waals surface area contributed by atoms with E-state index >= 15 is 0 Å². The number of aliphatic carboxylic acids is 1. The highest BCUT2D eigenvalue weighted by Gasteiger charge is 2.42. The zero-order valence-corrected chi connectivity index (χ0v) is 14.0. The number of amides is 1. The third-order valence-corrected chi connectivity index (χ3v) is 5.19. The van der Waals surface area contributed by atoms with Crippen molar-refractivity contribution >= 4 is 23.2 Å². The lowest BCUT2D eigenvalue weighted by Crippen LogP contribution is -2.35. The molecule has 7 heteroatoms. The molecule has 1 aromatic heterocycles. The third-order valence-electron chi connectivity index (χ3n) is 4.34. The van der Waals surface area contributed by atoms with Crippen molar-refractivity contribution in [2.24, 2.45) is 5.41 Å². The van der Waals surface area contributed by atoms with Gasteiger partial charge in [0, 0.05) is 24.0 Å². The predicted octanol–water partition coefficient (Wildman–Crippen LogP) is 2.81. The van der Waals surface area contributed by atoms with Crippen LogP contribution in [0.4, 0.5) is 4.39 Å². The Bertz CT molecular complexity index is 774. The van der Waals surface area contributed by atoms with Gasteiger partial charge in [0.1, 0.15) is 10.8 Å². The summed E-state index contributed by atoms with van der Waals surface area (Å²) in [6, 6.07) is 6.04. The van der Waals surface area contributed by atoms with Crippen molar-refractivity contribution in [2.45, 2.75) is 19.8 Å². The molecule has 1 amide bonds. The van der Waals surface area contributed by atoms with Gasteiger partial charge in [0.05, 0.1) is 17.5 Å². The minimum Gasteiger partial charge on any atom is -0.481 e. The molecule has 3 rings (SSSR count). The number of nitrogens with zero attached hydrogens (tertiary/aromatic N) is 2. The molecular formula is C17H17FN2O3S. The normalized spacial score (nSPS) is 20.3. The molecule has 1 aliphatic heterocycles. The van der Waals surface area contributed by atoms with Crippen LogP contribution in [0.1, 0.15) is 18.4 Å². The number of benzene rings is 1. The summed E-state index contributed by atoms with van der Waals surface area (Å²) in [5, 5.41) is 11.7. The lowest BCUT2D eigenvalue weighted by atomic mass is 9.90. The second-order valence-electron chi connectivity index (χ2n) is 6.24. The van der Waals surface area contributed by atoms with E-state index in [0.717, 1.165) is 5.56 Å². The highest BCUT2D eigenvalue weighted by molar-refractivity contribution is 7.10. The lowest BCUT2D eigenvalue weighted by molar-refractivity contribution is -0.147. The average molecular weight is 348 g/mol. The molecule has 1 atom stereocenters. The van der Waals surface area contributed by atoms with Crippen molar-refractivity contribution < 1.29 is 19.1 Å². The molecule has 0 aliphatic carbocycles. The maximum atomic E-state index is 13.0. The molecule has 2 aromatic rings. The highest BCUT2D eigenvalue weighted by Crippen LogP contribution is 2.31. The summed E-state index contributed by atoms with van der Waals surface area (Å²) < 4.78 is 13.0. The maximum absolute atomic E-state index is 13.0. The van der Waals surface area contributed by atoms with E-state index in [1.807, 2.05) is 5.38 Å². The van der Waals surface area contributed by atoms with Crippen LogP contribution in [0.3, 0.4) is 0 Å². The number of aromatic nitrogens is 1. The molecule has 0 saturated carbocycles. The molecule has 5 nitrogen and oxygen atoms in total. The maximum Gasteiger partial charge on any atom is 0.311 e. The van der Waals surface area contributed by atoms with Crippen LogP contribution >= 0.6 is 11.3 Å². The first-order chi connectivity index (χ1) is 11.4. The van der Waals surface area contributed by atoms with Crippen molar-refractivity contribution in [3.8, 4) is 11.3 Å². The summed E-state index contributed by atoms with van der Waals surface area (Å²) in [5.41, 5.74) is 0.642. The molecule has 0 radical (unpaired) electrons. The van der Waals surface area contributed by atoms with Gasteiger partial charge < -0.3 is 10.0 Å². The number of carboxylic acids is 1. The predicted molar refractivity (Wildman–Crippen MR) is 88.2 cm³/mol. The van der Waals surface area contributed by atoms with Crippen LogP contribution in [0.2, 0.25) is 0 Å². The van der Waals surface area contributed by atoms with Crippen molar-refractivity contribution in [1.29, 1.82) is 0 Å². The van der Waals surface area contributed by atoms with E-state index in [0.29, 0.717) is 23.7 Å². The molecule has 0 spiro atoms. The summed E-state index contributed by atoms with van der Waals surface area (Å²) in [6.45, 7) is 2.35. The minimum absolute atomic E-state index is 0.111. The molecule has 1 aliphatic rings. The SMILES string of the molecule is CC1(C(=O)O)CCN(C(=O)Cc2nc(-c3ccc(F)cc3)cs2)C1. The Morgan fingerprint density at radius 1 is 1.38 bits per heavy atom. The molecule has 0 bridgehead atoms. The summed E-state index contributed by atoms with van der Waals surface area (Å²) in [6.07, 6.45) is 0.619. The van der Waals surface area contributed by atoms with Crippen LogP contribution < -0.4 is 0 Å². The average Bonchev–Trinajstić information content (AvgIpc) is 3.16. The standard InChI is InChI=1S/C17H17FN2O3S/c1-17(16(22)23)6-7-20(10-17)15(21)8-14-19-13(9-24-14)11-2-4-12(18)5-3-11/h2-5,9H,6-8,10H2,1H3,(H,22,23). The molecule has 1 saturated heterocycles. The van der Waals surface area contributed by atoms with E-state index in [-0.39, 0.29) is 24.7 Å². The Morgan fingerprint density at radius 2 is 2.08 bits per heavy atom. The minimum atomic E-state index is -0.870. The van der Waals surface area contributed by atoms with Crippen molar-refractivity contribution in [2.75, 3.05) is 13.1 Å². The third kappa shape index (κ3) is 3.31. The zero-order valence-electron chi connectivity index (χ0n) is 13.2. The number of hydrogen-bond donors (Lipinski definition) is 1. The molecule has 1 unspecified atom stereocenters. The molecule has 1 N–H and O–H groups in total. The second kappa shape index (κ2) is 6.32. The fourth-order valence-electron chi connectivity index (χ4n) is 2.74. The van der Waals surface area contributed by atoms with Gasteiger partial charge in [-0.3, -0.25) is 9.59 Å². The van der Waals surface area contributed by atoms with Gasteiger partial charge in [-0.1, -0.05) is 0 Å². The van der Waals surface area contributed by atoms with Gasteiger partial charge in [0.2, 0.25) is 5.91 Å². The van der Waals surface area contributed by atoms with Crippen LogP contribution in [0.5, 0.6) is 0 Å². The monoisotopic (exact) mass is 348 g/mol. The van der Waals surface area contributed by atoms with E-state index in [1.54, 1.807) is 24.0 Å². The highest BCUT2D eigenvalue weighted by atomic mass is 32.1. The number of carbonyl (C=O) groups excluding carboxylic acids is 1. The lowest BCUT2D eigenvalue weighted by Gasteiger charge is -2.19. The smallest absolute Gasteiger partial charge is 0.311 e.